The van der Waals surface area contributed by atoms with Crippen LogP contribution >= 0.6 is 0 Å². The Balaban J connectivity index is 1.78. The molecule has 32 heavy (non-hydrogen) atoms. The molecule has 0 amide bonds. The standard InChI is InChI=1S/C26H37FO5/c1-15(14-28)22-20(32-23(2,3)31-6)12-19-18-8-7-16-11-17(29)9-10-25(16,5)26(18,27)21(30)13-24(19,22)4/h9-11,18-22,28,30H,1,7-8,12-14H2,2-6H3/t18-,19-,20+,21-,22?,24-,25-,26-/m0/s1. The van der Waals surface area contributed by atoms with Gasteiger partial charge in [0, 0.05) is 24.4 Å². The third-order valence-electron chi connectivity index (χ3n) is 9.21. The number of rotatable bonds is 5. The summed E-state index contributed by atoms with van der Waals surface area (Å²) < 4.78 is 29.1. The fourth-order valence-electron chi connectivity index (χ4n) is 7.56. The Labute approximate surface area is 190 Å². The highest BCUT2D eigenvalue weighted by molar-refractivity contribution is 6.01. The lowest BCUT2D eigenvalue weighted by atomic mass is 9.45. The van der Waals surface area contributed by atoms with Gasteiger partial charge >= 0.3 is 0 Å². The Hall–Kier alpha value is -1.34. The van der Waals surface area contributed by atoms with E-state index in [1.165, 1.54) is 6.08 Å². The van der Waals surface area contributed by atoms with E-state index in [2.05, 4.69) is 13.5 Å². The molecule has 3 saturated carbocycles. The van der Waals surface area contributed by atoms with Gasteiger partial charge in [0.25, 0.3) is 0 Å². The molecule has 0 aliphatic heterocycles. The molecule has 0 spiro atoms. The maximum absolute atomic E-state index is 17.2. The molecule has 0 radical (unpaired) electrons. The van der Waals surface area contributed by atoms with Crippen molar-refractivity contribution < 1.29 is 28.9 Å². The molecule has 4 aliphatic rings. The van der Waals surface area contributed by atoms with Crippen molar-refractivity contribution in [2.75, 3.05) is 13.7 Å². The molecule has 2 N–H and O–H groups in total. The van der Waals surface area contributed by atoms with Gasteiger partial charge in [0.2, 0.25) is 0 Å². The van der Waals surface area contributed by atoms with Gasteiger partial charge in [-0.1, -0.05) is 25.2 Å². The summed E-state index contributed by atoms with van der Waals surface area (Å²) in [5, 5.41) is 21.4. The van der Waals surface area contributed by atoms with Gasteiger partial charge in [-0.15, -0.1) is 0 Å². The Bertz CT molecular complexity index is 877. The van der Waals surface area contributed by atoms with Crippen molar-refractivity contribution in [3.8, 4) is 0 Å². The second-order valence-electron chi connectivity index (χ2n) is 11.1. The molecular formula is C26H37FO5. The summed E-state index contributed by atoms with van der Waals surface area (Å²) in [5.41, 5.74) is -1.95. The van der Waals surface area contributed by atoms with Crippen molar-refractivity contribution >= 4 is 5.78 Å². The number of carbonyl (C=O) groups is 1. The molecule has 0 bridgehead atoms. The van der Waals surface area contributed by atoms with Crippen LogP contribution in [0.15, 0.2) is 36.0 Å². The Morgan fingerprint density at radius 3 is 2.66 bits per heavy atom. The number of fused-ring (bicyclic) bond motifs is 5. The molecule has 6 heteroatoms. The summed E-state index contributed by atoms with van der Waals surface area (Å²) in [7, 11) is 1.59. The van der Waals surface area contributed by atoms with Crippen LogP contribution in [0.5, 0.6) is 0 Å². The SMILES string of the molecule is C=C(CO)C1[C@H](OC(C)(C)OC)C[C@H]2[C@@H]3CCC4=CC(=O)C=C[C@]4(C)[C@@]3(F)[C@@H](O)C[C@]12C. The summed E-state index contributed by atoms with van der Waals surface area (Å²) in [4.78, 5) is 12.0. The molecule has 3 fully saturated rings. The number of hydrogen-bond acceptors (Lipinski definition) is 5. The minimum Gasteiger partial charge on any atom is -0.392 e. The maximum Gasteiger partial charge on any atom is 0.178 e. The molecule has 0 aromatic heterocycles. The zero-order valence-corrected chi connectivity index (χ0v) is 19.9. The largest absolute Gasteiger partial charge is 0.392 e. The number of allylic oxidation sites excluding steroid dienone is 4. The van der Waals surface area contributed by atoms with Gasteiger partial charge in [-0.3, -0.25) is 4.79 Å². The van der Waals surface area contributed by atoms with Crippen molar-refractivity contribution in [2.24, 2.45) is 28.6 Å². The van der Waals surface area contributed by atoms with Crippen molar-refractivity contribution in [1.82, 2.24) is 0 Å². The number of aliphatic hydroxyl groups is 2. The van der Waals surface area contributed by atoms with Gasteiger partial charge in [-0.05, 0) is 75.5 Å². The molecule has 0 saturated heterocycles. The predicted octanol–water partition coefficient (Wildman–Crippen LogP) is 3.90. The summed E-state index contributed by atoms with van der Waals surface area (Å²) >= 11 is 0. The predicted molar refractivity (Wildman–Crippen MR) is 119 cm³/mol. The number of ketones is 1. The number of hydrogen-bond donors (Lipinski definition) is 2. The fraction of sp³-hybridized carbons (Fsp3) is 0.731. The van der Waals surface area contributed by atoms with Gasteiger partial charge in [0.15, 0.2) is 17.2 Å². The van der Waals surface area contributed by atoms with Crippen LogP contribution in [0, 0.1) is 28.6 Å². The molecule has 1 unspecified atom stereocenters. The quantitative estimate of drug-likeness (QED) is 0.493. The van der Waals surface area contributed by atoms with E-state index < -0.39 is 34.3 Å². The average Bonchev–Trinajstić information content (AvgIpc) is 3.00. The number of carbonyl (C=O) groups excluding carboxylic acids is 1. The van der Waals surface area contributed by atoms with E-state index in [1.54, 1.807) is 19.3 Å². The van der Waals surface area contributed by atoms with Crippen LogP contribution < -0.4 is 0 Å². The first-order valence-electron chi connectivity index (χ1n) is 11.7. The normalized spacial score (nSPS) is 45.7. The molecule has 4 aliphatic carbocycles. The van der Waals surface area contributed by atoms with Crippen LogP contribution in [0.25, 0.3) is 0 Å². The van der Waals surface area contributed by atoms with Crippen LogP contribution in [0.1, 0.15) is 53.4 Å². The summed E-state index contributed by atoms with van der Waals surface area (Å²) in [6.45, 7) is 11.5. The highest BCUT2D eigenvalue weighted by atomic mass is 19.1. The number of methoxy groups -OCH3 is 1. The van der Waals surface area contributed by atoms with E-state index in [0.29, 0.717) is 24.8 Å². The van der Waals surface area contributed by atoms with Gasteiger partial charge < -0.3 is 19.7 Å². The molecule has 5 nitrogen and oxygen atoms in total. The topological polar surface area (TPSA) is 76.0 Å². The van der Waals surface area contributed by atoms with Gasteiger partial charge in [0.1, 0.15) is 0 Å². The average molecular weight is 449 g/mol. The van der Waals surface area contributed by atoms with Crippen LogP contribution in [-0.2, 0) is 14.3 Å². The van der Waals surface area contributed by atoms with E-state index >= 15 is 4.39 Å². The van der Waals surface area contributed by atoms with Gasteiger partial charge in [-0.2, -0.15) is 0 Å². The zero-order valence-electron chi connectivity index (χ0n) is 19.9. The van der Waals surface area contributed by atoms with Crippen LogP contribution in [0.3, 0.4) is 0 Å². The van der Waals surface area contributed by atoms with Crippen LogP contribution in [0.4, 0.5) is 4.39 Å². The lowest BCUT2D eigenvalue weighted by Gasteiger charge is -2.62. The number of alkyl halides is 1. The Kier molecular flexibility index (Phi) is 5.65. The molecule has 0 aromatic rings. The first-order valence-corrected chi connectivity index (χ1v) is 11.7. The number of aliphatic hydroxyl groups excluding tert-OH is 2. The summed E-state index contributed by atoms with van der Waals surface area (Å²) in [6, 6.07) is 0. The van der Waals surface area contributed by atoms with E-state index in [1.807, 2.05) is 20.8 Å². The lowest BCUT2D eigenvalue weighted by molar-refractivity contribution is -0.230. The van der Waals surface area contributed by atoms with Crippen molar-refractivity contribution in [3.63, 3.8) is 0 Å². The highest BCUT2D eigenvalue weighted by Crippen LogP contribution is 2.69. The molecule has 8 atom stereocenters. The Morgan fingerprint density at radius 2 is 2.03 bits per heavy atom. The van der Waals surface area contributed by atoms with E-state index in [4.69, 9.17) is 9.47 Å². The van der Waals surface area contributed by atoms with Gasteiger partial charge in [0.05, 0.1) is 18.8 Å². The first-order chi connectivity index (χ1) is 14.8. The summed E-state index contributed by atoms with van der Waals surface area (Å²) in [6.07, 6.45) is 5.19. The third kappa shape index (κ3) is 3.13. The van der Waals surface area contributed by atoms with Crippen LogP contribution in [-0.4, -0.2) is 53.4 Å². The minimum absolute atomic E-state index is 0.0636. The summed E-state index contributed by atoms with van der Waals surface area (Å²) in [5.74, 6) is -1.64. The third-order valence-corrected chi connectivity index (χ3v) is 9.21. The molecule has 0 heterocycles. The van der Waals surface area contributed by atoms with Crippen molar-refractivity contribution in [2.45, 2.75) is 77.0 Å². The smallest absolute Gasteiger partial charge is 0.178 e. The van der Waals surface area contributed by atoms with Crippen molar-refractivity contribution in [1.29, 1.82) is 0 Å². The molecule has 0 aromatic carbocycles. The second-order valence-corrected chi connectivity index (χ2v) is 11.1. The number of ether oxygens (including phenoxy) is 2. The Morgan fingerprint density at radius 1 is 1.34 bits per heavy atom. The zero-order chi connectivity index (χ0) is 23.7. The van der Waals surface area contributed by atoms with Gasteiger partial charge in [-0.25, -0.2) is 4.39 Å². The maximum atomic E-state index is 17.2. The number of halogens is 1. The fourth-order valence-corrected chi connectivity index (χ4v) is 7.56. The molecule has 178 valence electrons. The second kappa shape index (κ2) is 7.59. The molecule has 4 rings (SSSR count). The highest BCUT2D eigenvalue weighted by Gasteiger charge is 2.72. The van der Waals surface area contributed by atoms with E-state index in [-0.39, 0.29) is 36.8 Å². The monoisotopic (exact) mass is 448 g/mol. The van der Waals surface area contributed by atoms with Crippen molar-refractivity contribution in [3.05, 3.63) is 36.0 Å². The van der Waals surface area contributed by atoms with E-state index in [0.717, 1.165) is 5.57 Å². The van der Waals surface area contributed by atoms with Crippen LogP contribution in [0.2, 0.25) is 0 Å². The molecular weight excluding hydrogens is 411 g/mol. The first kappa shape index (κ1) is 23.8. The van der Waals surface area contributed by atoms with E-state index in [9.17, 15) is 15.0 Å². The minimum atomic E-state index is -1.88. The lowest BCUT2D eigenvalue weighted by Crippen LogP contribution is -2.66.